The maximum atomic E-state index is 5.28. The standard InChI is InChI=1S/3C40H26N4/c1-4-14-27(15-5-1)34-26-35(28-16-6-2-7-17-28)42-40(41-34)44-37-23-13-11-21-31(37)33-24-38-32(25-39(33)44)30-20-10-12-22-36(30)43(38)29-18-8-3-9-19-29;1-4-14-27(15-5-1)34-25-35(28-16-6-2-7-17-28)42-40(41-34)44-37-23-13-11-21-31(37)33-24-32-30-20-10-12-22-36(30)43(38(32)26-39(33)44)29-18-8-3-9-19-29;1-4-14-27(15-5-1)34-26-35(28-16-6-2-7-17-28)42-40(41-34)44-37-23-13-11-21-31(37)33-25-24-32-30-20-10-12-22-36(30)43(38(32)39(33)44)29-18-8-3-9-19-29/h3*1-26H. The van der Waals surface area contributed by atoms with E-state index in [4.69, 9.17) is 29.9 Å². The zero-order valence-electron chi connectivity index (χ0n) is 71.4. The summed E-state index contributed by atoms with van der Waals surface area (Å²) in [5.41, 5.74) is 28.5. The summed E-state index contributed by atoms with van der Waals surface area (Å²) < 4.78 is 13.9. The largest absolute Gasteiger partial charge is 0.309 e. The van der Waals surface area contributed by atoms with E-state index in [1.807, 2.05) is 36.4 Å². The van der Waals surface area contributed by atoms with Gasteiger partial charge in [-0.1, -0.05) is 358 Å². The predicted octanol–water partition coefficient (Wildman–Crippen LogP) is 30.0. The van der Waals surface area contributed by atoms with Crippen LogP contribution < -0.4 is 0 Å². The third kappa shape index (κ3) is 13.1. The molecule has 0 atom stereocenters. The molecule has 0 N–H and O–H groups in total. The molecule has 27 aromatic rings. The SMILES string of the molecule is c1ccc(-c2cc(-c3ccccc3)nc(-n3c4ccccc4c4cc5c(cc43)c3ccccc3n5-c3ccccc3)n2)cc1.c1ccc(-c2cc(-c3ccccc3)nc(-n3c4ccccc4c4cc5c6ccccc6n(-c6ccccc6)c5cc43)n2)cc1.c1ccc(-c2cc(-c3ccccc3)nc(-n3c4ccccc4c4ccc5c6ccccc6n(-c6ccccc6)c5c43)n2)cc1. The average molecular weight is 1690 g/mol. The fourth-order valence-corrected chi connectivity index (χ4v) is 19.7. The molecule has 0 aliphatic rings. The van der Waals surface area contributed by atoms with Crippen molar-refractivity contribution in [3.63, 3.8) is 0 Å². The average Bonchev–Trinajstić information content (AvgIpc) is 1.51. The highest BCUT2D eigenvalue weighted by molar-refractivity contribution is 6.25. The van der Waals surface area contributed by atoms with Crippen LogP contribution in [0.3, 0.4) is 0 Å². The molecule has 0 amide bonds. The van der Waals surface area contributed by atoms with E-state index < -0.39 is 0 Å². The summed E-state index contributed by atoms with van der Waals surface area (Å²) in [6.45, 7) is 0. The minimum Gasteiger partial charge on any atom is -0.309 e. The summed E-state index contributed by atoms with van der Waals surface area (Å²) >= 11 is 0. The van der Waals surface area contributed by atoms with E-state index >= 15 is 0 Å². The van der Waals surface area contributed by atoms with Crippen molar-refractivity contribution >= 4 is 131 Å². The Labute approximate surface area is 758 Å². The van der Waals surface area contributed by atoms with Gasteiger partial charge in [0.1, 0.15) is 0 Å². The summed E-state index contributed by atoms with van der Waals surface area (Å²) in [6, 6.07) is 166. The molecule has 12 heteroatoms. The summed E-state index contributed by atoms with van der Waals surface area (Å²) in [4.78, 5) is 31.4. The first-order valence-electron chi connectivity index (χ1n) is 44.6. The van der Waals surface area contributed by atoms with Crippen molar-refractivity contribution in [2.24, 2.45) is 0 Å². The van der Waals surface area contributed by atoms with E-state index in [1.165, 1.54) is 86.7 Å². The molecule has 9 aromatic heterocycles. The molecule has 0 radical (unpaired) electrons. The topological polar surface area (TPSA) is 107 Å². The molecule has 0 aliphatic heterocycles. The van der Waals surface area contributed by atoms with Crippen molar-refractivity contribution in [2.75, 3.05) is 0 Å². The highest BCUT2D eigenvalue weighted by Gasteiger charge is 2.27. The lowest BCUT2D eigenvalue weighted by Crippen LogP contribution is -2.05. The van der Waals surface area contributed by atoms with Crippen molar-refractivity contribution in [2.45, 2.75) is 0 Å². The first-order valence-corrected chi connectivity index (χ1v) is 44.6. The molecule has 0 spiro atoms. The molecular formula is C120H78N12. The number of rotatable bonds is 12. The molecule has 618 valence electrons. The van der Waals surface area contributed by atoms with E-state index in [0.717, 1.165) is 129 Å². The minimum absolute atomic E-state index is 0.647. The number of fused-ring (bicyclic) bond motifs is 19. The van der Waals surface area contributed by atoms with Gasteiger partial charge in [0.2, 0.25) is 17.8 Å². The Balaban J connectivity index is 0.000000106. The molecule has 0 saturated carbocycles. The van der Waals surface area contributed by atoms with Crippen molar-refractivity contribution in [1.82, 2.24) is 57.3 Å². The lowest BCUT2D eigenvalue weighted by atomic mass is 10.1. The summed E-state index contributed by atoms with van der Waals surface area (Å²) in [6.07, 6.45) is 0. The highest BCUT2D eigenvalue weighted by atomic mass is 15.2. The van der Waals surface area contributed by atoms with Gasteiger partial charge < -0.3 is 13.7 Å². The molecule has 12 nitrogen and oxygen atoms in total. The summed E-state index contributed by atoms with van der Waals surface area (Å²) in [5.74, 6) is 1.95. The van der Waals surface area contributed by atoms with Crippen LogP contribution in [0.15, 0.2) is 473 Å². The second-order valence-corrected chi connectivity index (χ2v) is 33.3. The second kappa shape index (κ2) is 32.1. The van der Waals surface area contributed by atoms with Crippen LogP contribution in [0.2, 0.25) is 0 Å². The normalized spacial score (nSPS) is 11.6. The summed E-state index contributed by atoms with van der Waals surface area (Å²) in [5, 5.41) is 14.3. The fourth-order valence-electron chi connectivity index (χ4n) is 19.7. The maximum absolute atomic E-state index is 5.28. The Bertz CT molecular complexity index is 8900. The monoisotopic (exact) mass is 1690 g/mol. The Kier molecular flexibility index (Phi) is 18.6. The van der Waals surface area contributed by atoms with Crippen LogP contribution in [0.1, 0.15) is 0 Å². The number of para-hydroxylation sites is 9. The first kappa shape index (κ1) is 76.4. The highest BCUT2D eigenvalue weighted by Crippen LogP contribution is 2.46. The van der Waals surface area contributed by atoms with Crippen LogP contribution in [0.25, 0.3) is 233 Å². The number of benzene rings is 18. The number of hydrogen-bond donors (Lipinski definition) is 0. The molecule has 18 aromatic carbocycles. The fraction of sp³-hybridized carbons (Fsp3) is 0. The van der Waals surface area contributed by atoms with Crippen LogP contribution in [-0.4, -0.2) is 57.3 Å². The van der Waals surface area contributed by atoms with Crippen LogP contribution >= 0.6 is 0 Å². The minimum atomic E-state index is 0.647. The van der Waals surface area contributed by atoms with Gasteiger partial charge in [0.05, 0.1) is 100 Å². The van der Waals surface area contributed by atoms with E-state index in [0.29, 0.717) is 17.8 Å². The molecule has 0 fully saturated rings. The van der Waals surface area contributed by atoms with Crippen LogP contribution in [0.5, 0.6) is 0 Å². The van der Waals surface area contributed by atoms with Gasteiger partial charge in [0.15, 0.2) is 0 Å². The number of nitrogens with zero attached hydrogens (tertiary/aromatic N) is 12. The van der Waals surface area contributed by atoms with Crippen molar-refractivity contribution < 1.29 is 0 Å². The van der Waals surface area contributed by atoms with Gasteiger partial charge in [0, 0.05) is 115 Å². The molecule has 0 saturated heterocycles. The lowest BCUT2D eigenvalue weighted by molar-refractivity contribution is 0.995. The zero-order chi connectivity index (χ0) is 87.1. The van der Waals surface area contributed by atoms with Crippen LogP contribution in [0, 0.1) is 0 Å². The van der Waals surface area contributed by atoms with E-state index in [2.05, 4.69) is 464 Å². The van der Waals surface area contributed by atoms with Gasteiger partial charge in [-0.3, -0.25) is 13.7 Å². The lowest BCUT2D eigenvalue weighted by Gasteiger charge is -2.13. The molecule has 9 heterocycles. The van der Waals surface area contributed by atoms with Gasteiger partial charge >= 0.3 is 0 Å². The smallest absolute Gasteiger partial charge is 0.235 e. The van der Waals surface area contributed by atoms with Gasteiger partial charge in [-0.2, -0.15) is 0 Å². The van der Waals surface area contributed by atoms with Crippen molar-refractivity contribution in [3.8, 4) is 102 Å². The third-order valence-corrected chi connectivity index (χ3v) is 25.6. The van der Waals surface area contributed by atoms with Crippen molar-refractivity contribution in [1.29, 1.82) is 0 Å². The number of aromatic nitrogens is 12. The van der Waals surface area contributed by atoms with Gasteiger partial charge in [-0.15, -0.1) is 0 Å². The Morgan fingerprint density at radius 3 is 0.621 bits per heavy atom. The third-order valence-electron chi connectivity index (χ3n) is 25.6. The van der Waals surface area contributed by atoms with E-state index in [-0.39, 0.29) is 0 Å². The molecular weight excluding hydrogens is 1610 g/mol. The Hall–Kier alpha value is -18.0. The second-order valence-electron chi connectivity index (χ2n) is 33.3. The van der Waals surface area contributed by atoms with Gasteiger partial charge in [0.25, 0.3) is 0 Å². The predicted molar refractivity (Wildman–Crippen MR) is 545 cm³/mol. The zero-order valence-corrected chi connectivity index (χ0v) is 71.4. The molecule has 0 aliphatic carbocycles. The van der Waals surface area contributed by atoms with Crippen LogP contribution in [-0.2, 0) is 0 Å². The summed E-state index contributed by atoms with van der Waals surface area (Å²) in [7, 11) is 0. The first-order chi connectivity index (χ1) is 65.5. The van der Waals surface area contributed by atoms with E-state index in [9.17, 15) is 0 Å². The maximum Gasteiger partial charge on any atom is 0.235 e. The van der Waals surface area contributed by atoms with Gasteiger partial charge in [-0.05, 0) is 115 Å². The molecule has 27 rings (SSSR count). The van der Waals surface area contributed by atoms with E-state index in [1.54, 1.807) is 0 Å². The number of hydrogen-bond acceptors (Lipinski definition) is 6. The Morgan fingerprint density at radius 1 is 0.121 bits per heavy atom. The molecule has 0 bridgehead atoms. The van der Waals surface area contributed by atoms with Crippen molar-refractivity contribution in [3.05, 3.63) is 473 Å². The molecule has 132 heavy (non-hydrogen) atoms. The van der Waals surface area contributed by atoms with Crippen LogP contribution in [0.4, 0.5) is 0 Å². The molecule has 0 unspecified atom stereocenters. The quantitative estimate of drug-likeness (QED) is 0.121. The Morgan fingerprint density at radius 2 is 0.318 bits per heavy atom. The van der Waals surface area contributed by atoms with Gasteiger partial charge in [-0.25, -0.2) is 29.9 Å².